The van der Waals surface area contributed by atoms with Crippen LogP contribution in [0.25, 0.3) is 0 Å². The predicted molar refractivity (Wildman–Crippen MR) is 89.5 cm³/mol. The molecule has 0 aliphatic carbocycles. The lowest BCUT2D eigenvalue weighted by atomic mass is 10.0. The van der Waals surface area contributed by atoms with Gasteiger partial charge in [-0.15, -0.1) is 0 Å². The number of hydrogen-bond donors (Lipinski definition) is 2. The van der Waals surface area contributed by atoms with Crippen molar-refractivity contribution in [2.24, 2.45) is 0 Å². The number of carbonyl (C=O) groups excluding carboxylic acids is 4. The Bertz CT molecular complexity index is 657. The SMILES string of the molecule is CCCNC(=O)NC(=O)COC(=O)Cc1cc(C(C)=O)ccc1OC. The second-order valence-corrected chi connectivity index (χ2v) is 5.22. The van der Waals surface area contributed by atoms with Crippen LogP contribution < -0.4 is 15.4 Å². The molecule has 1 aromatic carbocycles. The third kappa shape index (κ3) is 7.03. The minimum Gasteiger partial charge on any atom is -0.496 e. The Morgan fingerprint density at radius 1 is 1.16 bits per heavy atom. The molecule has 0 atom stereocenters. The lowest BCUT2D eigenvalue weighted by Gasteiger charge is -2.10. The maximum Gasteiger partial charge on any atom is 0.321 e. The first-order chi connectivity index (χ1) is 11.9. The molecule has 25 heavy (non-hydrogen) atoms. The van der Waals surface area contributed by atoms with Gasteiger partial charge in [-0.1, -0.05) is 6.92 Å². The molecule has 3 amide bonds. The van der Waals surface area contributed by atoms with Crippen molar-refractivity contribution in [1.29, 1.82) is 0 Å². The summed E-state index contributed by atoms with van der Waals surface area (Å²) in [6.07, 6.45) is 0.567. The van der Waals surface area contributed by atoms with Crippen molar-refractivity contribution >= 4 is 23.7 Å². The van der Waals surface area contributed by atoms with Crippen molar-refractivity contribution in [2.45, 2.75) is 26.7 Å². The van der Waals surface area contributed by atoms with Crippen molar-refractivity contribution in [3.05, 3.63) is 29.3 Å². The molecular formula is C17H22N2O6. The maximum absolute atomic E-state index is 11.9. The van der Waals surface area contributed by atoms with Crippen molar-refractivity contribution in [1.82, 2.24) is 10.6 Å². The van der Waals surface area contributed by atoms with Gasteiger partial charge in [-0.2, -0.15) is 0 Å². The zero-order chi connectivity index (χ0) is 18.8. The fourth-order valence-electron chi connectivity index (χ4n) is 1.93. The van der Waals surface area contributed by atoms with E-state index in [1.807, 2.05) is 12.2 Å². The van der Waals surface area contributed by atoms with E-state index < -0.39 is 24.5 Å². The summed E-state index contributed by atoms with van der Waals surface area (Å²) in [5.41, 5.74) is 0.912. The van der Waals surface area contributed by atoms with Crippen LogP contribution in [0.15, 0.2) is 18.2 Å². The summed E-state index contributed by atoms with van der Waals surface area (Å²) in [7, 11) is 1.44. The molecule has 1 rings (SSSR count). The molecule has 0 aliphatic rings. The Labute approximate surface area is 145 Å². The summed E-state index contributed by atoms with van der Waals surface area (Å²) in [5, 5.41) is 4.51. The van der Waals surface area contributed by atoms with E-state index in [4.69, 9.17) is 9.47 Å². The molecular weight excluding hydrogens is 328 g/mol. The van der Waals surface area contributed by atoms with Crippen LogP contribution in [-0.4, -0.2) is 44.0 Å². The van der Waals surface area contributed by atoms with Gasteiger partial charge in [0.25, 0.3) is 5.91 Å². The molecule has 0 spiro atoms. The number of imide groups is 1. The molecule has 0 saturated heterocycles. The lowest BCUT2D eigenvalue weighted by molar-refractivity contribution is -0.147. The van der Waals surface area contributed by atoms with Crippen LogP contribution in [0.2, 0.25) is 0 Å². The zero-order valence-electron chi connectivity index (χ0n) is 14.5. The number of benzene rings is 1. The molecule has 136 valence electrons. The third-order valence-corrected chi connectivity index (χ3v) is 3.17. The number of rotatable bonds is 8. The van der Waals surface area contributed by atoms with Gasteiger partial charge in [-0.25, -0.2) is 4.79 Å². The second-order valence-electron chi connectivity index (χ2n) is 5.22. The molecule has 0 aromatic heterocycles. The van der Waals surface area contributed by atoms with Crippen molar-refractivity contribution in [3.8, 4) is 5.75 Å². The first-order valence-corrected chi connectivity index (χ1v) is 7.78. The summed E-state index contributed by atoms with van der Waals surface area (Å²) >= 11 is 0. The Morgan fingerprint density at radius 3 is 2.48 bits per heavy atom. The Hall–Kier alpha value is -2.90. The topological polar surface area (TPSA) is 111 Å². The number of ether oxygens (including phenoxy) is 2. The normalized spacial score (nSPS) is 9.88. The predicted octanol–water partition coefficient (Wildman–Crippen LogP) is 1.22. The van der Waals surface area contributed by atoms with Crippen LogP contribution in [0.1, 0.15) is 36.2 Å². The summed E-state index contributed by atoms with van der Waals surface area (Å²) < 4.78 is 9.99. The average Bonchev–Trinajstić information content (AvgIpc) is 2.58. The standard InChI is InChI=1S/C17H22N2O6/c1-4-7-18-17(23)19-15(21)10-25-16(22)9-13-8-12(11(2)20)5-6-14(13)24-3/h5-6,8H,4,7,9-10H2,1-3H3,(H2,18,19,21,23). The van der Waals surface area contributed by atoms with Gasteiger partial charge in [0.1, 0.15) is 5.75 Å². The van der Waals surface area contributed by atoms with Crippen LogP contribution in [-0.2, 0) is 20.7 Å². The molecule has 2 N–H and O–H groups in total. The van der Waals surface area contributed by atoms with E-state index in [1.165, 1.54) is 14.0 Å². The largest absolute Gasteiger partial charge is 0.496 e. The third-order valence-electron chi connectivity index (χ3n) is 3.17. The monoisotopic (exact) mass is 350 g/mol. The summed E-state index contributed by atoms with van der Waals surface area (Å²) in [6.45, 7) is 3.15. The number of urea groups is 1. The van der Waals surface area contributed by atoms with Gasteiger partial charge in [0.05, 0.1) is 13.5 Å². The van der Waals surface area contributed by atoms with Gasteiger partial charge in [0.15, 0.2) is 12.4 Å². The average molecular weight is 350 g/mol. The van der Waals surface area contributed by atoms with E-state index in [9.17, 15) is 19.2 Å². The molecule has 1 aromatic rings. The van der Waals surface area contributed by atoms with Crippen LogP contribution in [0.5, 0.6) is 5.75 Å². The smallest absolute Gasteiger partial charge is 0.321 e. The quantitative estimate of drug-likeness (QED) is 0.539. The summed E-state index contributed by atoms with van der Waals surface area (Å²) in [4.78, 5) is 46.1. The van der Waals surface area contributed by atoms with Crippen molar-refractivity contribution < 1.29 is 28.7 Å². The van der Waals surface area contributed by atoms with Crippen LogP contribution >= 0.6 is 0 Å². The number of hydrogen-bond acceptors (Lipinski definition) is 6. The number of esters is 1. The molecule has 0 unspecified atom stereocenters. The minimum absolute atomic E-state index is 0.144. The number of amides is 3. The summed E-state index contributed by atoms with van der Waals surface area (Å²) in [5.74, 6) is -1.12. The van der Waals surface area contributed by atoms with E-state index >= 15 is 0 Å². The molecule has 0 radical (unpaired) electrons. The van der Waals surface area contributed by atoms with Gasteiger partial charge in [0.2, 0.25) is 0 Å². The zero-order valence-corrected chi connectivity index (χ0v) is 14.5. The molecule has 0 fully saturated rings. The van der Waals surface area contributed by atoms with Gasteiger partial charge in [0, 0.05) is 17.7 Å². The van der Waals surface area contributed by atoms with Crippen LogP contribution in [0.3, 0.4) is 0 Å². The van der Waals surface area contributed by atoms with Gasteiger partial charge >= 0.3 is 12.0 Å². The number of ketones is 1. The molecule has 0 saturated carbocycles. The van der Waals surface area contributed by atoms with E-state index in [0.29, 0.717) is 23.4 Å². The van der Waals surface area contributed by atoms with Crippen LogP contribution in [0.4, 0.5) is 4.79 Å². The highest BCUT2D eigenvalue weighted by Crippen LogP contribution is 2.21. The summed E-state index contributed by atoms with van der Waals surface area (Å²) in [6, 6.07) is 4.09. The highest BCUT2D eigenvalue weighted by molar-refractivity contribution is 5.96. The Kier molecular flexibility index (Phi) is 8.11. The Balaban J connectivity index is 2.56. The van der Waals surface area contributed by atoms with Gasteiger partial charge < -0.3 is 14.8 Å². The molecule has 0 bridgehead atoms. The van der Waals surface area contributed by atoms with Gasteiger partial charge in [-0.05, 0) is 31.5 Å². The second kappa shape index (κ2) is 10.1. The maximum atomic E-state index is 11.9. The fourth-order valence-corrected chi connectivity index (χ4v) is 1.93. The van der Waals surface area contributed by atoms with Crippen molar-refractivity contribution in [2.75, 3.05) is 20.3 Å². The van der Waals surface area contributed by atoms with E-state index in [-0.39, 0.29) is 12.2 Å². The fraction of sp³-hybridized carbons (Fsp3) is 0.412. The lowest BCUT2D eigenvalue weighted by Crippen LogP contribution is -2.41. The highest BCUT2D eigenvalue weighted by Gasteiger charge is 2.14. The number of carbonyl (C=O) groups is 4. The highest BCUT2D eigenvalue weighted by atomic mass is 16.5. The van der Waals surface area contributed by atoms with E-state index in [2.05, 4.69) is 5.32 Å². The molecule has 8 nitrogen and oxygen atoms in total. The first-order valence-electron chi connectivity index (χ1n) is 7.78. The Morgan fingerprint density at radius 2 is 1.88 bits per heavy atom. The number of methoxy groups -OCH3 is 1. The van der Waals surface area contributed by atoms with Gasteiger partial charge in [-0.3, -0.25) is 19.7 Å². The van der Waals surface area contributed by atoms with Crippen molar-refractivity contribution in [3.63, 3.8) is 0 Å². The van der Waals surface area contributed by atoms with E-state index in [0.717, 1.165) is 6.42 Å². The molecule has 0 aliphatic heterocycles. The number of Topliss-reactive ketones (excluding diaryl/α,β-unsaturated/α-hetero) is 1. The minimum atomic E-state index is -0.730. The van der Waals surface area contributed by atoms with Crippen LogP contribution in [0, 0.1) is 0 Å². The molecule has 8 heteroatoms. The van der Waals surface area contributed by atoms with E-state index in [1.54, 1.807) is 18.2 Å². The first kappa shape index (κ1) is 20.1. The molecule has 0 heterocycles. The number of nitrogens with one attached hydrogen (secondary N) is 2.